The molecule has 32 heavy (non-hydrogen) atoms. The van der Waals surface area contributed by atoms with E-state index in [9.17, 15) is 0 Å². The van der Waals surface area contributed by atoms with Crippen LogP contribution in [-0.4, -0.2) is 5.49 Å². The molecule has 0 aromatic heterocycles. The third kappa shape index (κ3) is 9.91. The smallest absolute Gasteiger partial charge is 1.00 e. The first kappa shape index (κ1) is 31.7. The summed E-state index contributed by atoms with van der Waals surface area (Å²) in [5.74, 6) is 0. The maximum absolute atomic E-state index is 2.33. The standard InChI is InChI=1S/2C13H15.C2H6Si.2BrH.Hf/c2*1-13(2,3)12-8-10-6-4-5-7-11(10)9-12;1-3-2;;;/h2*4-9H,1-3H3;1-2H3;2*1H;/q2*-1;;;;+2/p-2. The summed E-state index contributed by atoms with van der Waals surface area (Å²) in [4.78, 5) is 0. The van der Waals surface area contributed by atoms with Crippen molar-refractivity contribution >= 4 is 27.0 Å². The zero-order valence-electron chi connectivity index (χ0n) is 20.7. The number of hydrogen-bond donors (Lipinski definition) is 0. The van der Waals surface area contributed by atoms with Gasteiger partial charge in [0.05, 0.1) is 0 Å². The van der Waals surface area contributed by atoms with Crippen molar-refractivity contribution in [2.24, 2.45) is 0 Å². The normalized spacial score (nSPS) is 10.8. The van der Waals surface area contributed by atoms with Crippen LogP contribution in [0.4, 0.5) is 0 Å². The van der Waals surface area contributed by atoms with Crippen LogP contribution in [0, 0.1) is 0 Å². The van der Waals surface area contributed by atoms with E-state index in [0.717, 1.165) is 0 Å². The maximum atomic E-state index is 2.33. The van der Waals surface area contributed by atoms with Crippen molar-refractivity contribution in [1.82, 2.24) is 0 Å². The number of hydrogen-bond acceptors (Lipinski definition) is 0. The Morgan fingerprint density at radius 2 is 0.906 bits per heavy atom. The van der Waals surface area contributed by atoms with Gasteiger partial charge in [0, 0.05) is 0 Å². The molecule has 0 spiro atoms. The minimum absolute atomic E-state index is 0. The number of halogens is 2. The molecule has 0 N–H and O–H groups in total. The van der Waals surface area contributed by atoms with Crippen LogP contribution in [0.2, 0.25) is 13.1 Å². The van der Waals surface area contributed by atoms with Gasteiger partial charge in [0.2, 0.25) is 0 Å². The van der Waals surface area contributed by atoms with E-state index in [1.165, 1.54) is 55.7 Å². The molecule has 0 fully saturated rings. The van der Waals surface area contributed by atoms with Crippen molar-refractivity contribution in [3.05, 3.63) is 83.9 Å². The van der Waals surface area contributed by atoms with Crippen molar-refractivity contribution < 1.29 is 57.0 Å². The van der Waals surface area contributed by atoms with Crippen molar-refractivity contribution in [3.8, 4) is 0 Å². The molecule has 4 rings (SSSR count). The summed E-state index contributed by atoms with van der Waals surface area (Å²) in [6, 6.07) is 26.2. The third-order valence-electron chi connectivity index (χ3n) is 4.97. The van der Waals surface area contributed by atoms with Crippen LogP contribution in [-0.2, 0) is 33.8 Å². The van der Waals surface area contributed by atoms with Gasteiger partial charge in [-0.1, -0.05) is 53.7 Å². The summed E-state index contributed by atoms with van der Waals surface area (Å²) in [7, 11) is 0. The van der Waals surface area contributed by atoms with Crippen LogP contribution in [0.15, 0.2) is 72.8 Å². The van der Waals surface area contributed by atoms with Gasteiger partial charge < -0.3 is 34.0 Å². The Balaban J connectivity index is 0.000000490. The van der Waals surface area contributed by atoms with Gasteiger partial charge in [-0.2, -0.15) is 12.1 Å². The molecule has 0 aliphatic heterocycles. The van der Waals surface area contributed by atoms with Gasteiger partial charge in [0.1, 0.15) is 0 Å². The maximum Gasteiger partial charge on any atom is -1.00 e. The van der Waals surface area contributed by atoms with Crippen molar-refractivity contribution in [2.45, 2.75) is 65.5 Å². The molecule has 0 unspecified atom stereocenters. The first-order valence-corrected chi connectivity index (χ1v) is 18.6. The van der Waals surface area contributed by atoms with E-state index >= 15 is 0 Å². The number of rotatable bonds is 0. The Morgan fingerprint density at radius 1 is 0.625 bits per heavy atom. The molecule has 0 radical (unpaired) electrons. The molecule has 4 aromatic carbocycles. The average Bonchev–Trinajstić information content (AvgIpc) is 3.25. The molecule has 0 saturated heterocycles. The van der Waals surface area contributed by atoms with Crippen LogP contribution in [0.1, 0.15) is 52.7 Å². The summed E-state index contributed by atoms with van der Waals surface area (Å²) in [5, 5.41) is 5.42. The SMILES string of the molecule is CC(C)(C)c1cc2ccccc2[cH-]1.CC(C)(C)c1cc2ccccc2[cH-]1.C[Si](C)=[Hf+2].[Br-].[Br-]. The van der Waals surface area contributed by atoms with Crippen molar-refractivity contribution in [1.29, 1.82) is 0 Å². The number of benzene rings is 2. The molecule has 0 atom stereocenters. The number of fused-ring (bicyclic) bond motifs is 2. The Labute approximate surface area is 231 Å². The fraction of sp³-hybridized carbons (Fsp3) is 0.357. The molecule has 0 amide bonds. The molecule has 0 saturated carbocycles. The minimum atomic E-state index is 0. The predicted octanol–water partition coefficient (Wildman–Crippen LogP) is 2.50. The van der Waals surface area contributed by atoms with E-state index in [0.29, 0.717) is 0 Å². The molecule has 0 aliphatic carbocycles. The molecule has 0 aliphatic rings. The second-order valence-corrected chi connectivity index (χ2v) is 23.0. The topological polar surface area (TPSA) is 0 Å². The Bertz CT molecular complexity index is 954. The van der Waals surface area contributed by atoms with Crippen molar-refractivity contribution in [2.75, 3.05) is 0 Å². The van der Waals surface area contributed by atoms with Gasteiger partial charge in [0.15, 0.2) is 0 Å². The van der Waals surface area contributed by atoms with Crippen LogP contribution in [0.3, 0.4) is 0 Å². The van der Waals surface area contributed by atoms with E-state index in [4.69, 9.17) is 0 Å². The summed E-state index contributed by atoms with van der Waals surface area (Å²) < 4.78 is 0. The third-order valence-corrected chi connectivity index (χ3v) is 4.97. The molecule has 0 nitrogen and oxygen atoms in total. The van der Waals surface area contributed by atoms with Crippen LogP contribution >= 0.6 is 0 Å². The van der Waals surface area contributed by atoms with Crippen LogP contribution in [0.5, 0.6) is 0 Å². The summed E-state index contributed by atoms with van der Waals surface area (Å²) >= 11 is 1.45. The molecule has 0 bridgehead atoms. The second-order valence-electron chi connectivity index (χ2n) is 10.2. The zero-order chi connectivity index (χ0) is 22.5. The van der Waals surface area contributed by atoms with Crippen LogP contribution < -0.4 is 34.0 Å². The fourth-order valence-electron chi connectivity index (χ4n) is 3.17. The summed E-state index contributed by atoms with van der Waals surface area (Å²) in [5.41, 5.74) is 3.63. The van der Waals surface area contributed by atoms with Gasteiger partial charge in [-0.15, -0.1) is 81.2 Å². The molecule has 0 heterocycles. The quantitative estimate of drug-likeness (QED) is 0.193. The van der Waals surface area contributed by atoms with E-state index in [2.05, 4.69) is 127 Å². The van der Waals surface area contributed by atoms with E-state index < -0.39 is 0 Å². The molecule has 4 aromatic rings. The van der Waals surface area contributed by atoms with Gasteiger partial charge in [-0.05, 0) is 10.8 Å². The first-order chi connectivity index (χ1) is 13.9. The Morgan fingerprint density at radius 3 is 1.16 bits per heavy atom. The largest absolute Gasteiger partial charge is 1.00 e. The molecule has 4 heteroatoms. The fourth-order valence-corrected chi connectivity index (χ4v) is 3.17. The Kier molecular flexibility index (Phi) is 13.4. The molecular formula is C28H36Br2HfSi-2. The van der Waals surface area contributed by atoms with Gasteiger partial charge in [-0.25, -0.2) is 0 Å². The van der Waals surface area contributed by atoms with Gasteiger partial charge in [0.25, 0.3) is 0 Å². The monoisotopic (exact) mass is 738 g/mol. The average molecular weight is 739 g/mol. The van der Waals surface area contributed by atoms with Crippen LogP contribution in [0.25, 0.3) is 21.5 Å². The Hall–Kier alpha value is -0.293. The zero-order valence-corrected chi connectivity index (χ0v) is 28.4. The van der Waals surface area contributed by atoms with Gasteiger partial charge in [-0.3, -0.25) is 0 Å². The van der Waals surface area contributed by atoms with Gasteiger partial charge >= 0.3 is 41.6 Å². The predicted molar refractivity (Wildman–Crippen MR) is 134 cm³/mol. The van der Waals surface area contributed by atoms with Crippen molar-refractivity contribution in [3.63, 3.8) is 0 Å². The second kappa shape index (κ2) is 13.6. The minimum Gasteiger partial charge on any atom is -1.00 e. The molecule has 172 valence electrons. The van der Waals surface area contributed by atoms with E-state index in [1.807, 2.05) is 0 Å². The summed E-state index contributed by atoms with van der Waals surface area (Å²) in [6.45, 7) is 18.2. The molecular weight excluding hydrogens is 703 g/mol. The first-order valence-electron chi connectivity index (χ1n) is 10.7. The summed E-state index contributed by atoms with van der Waals surface area (Å²) in [6.07, 6.45) is 0. The van der Waals surface area contributed by atoms with E-state index in [1.54, 1.807) is 0 Å². The van der Waals surface area contributed by atoms with E-state index in [-0.39, 0.29) is 50.3 Å².